The number of alkyl halides is 2. The van der Waals surface area contributed by atoms with Gasteiger partial charge in [-0.05, 0) is 58.8 Å². The van der Waals surface area contributed by atoms with Crippen LogP contribution in [-0.2, 0) is 19.0 Å². The van der Waals surface area contributed by atoms with Gasteiger partial charge in [-0.1, -0.05) is 11.6 Å². The number of amides is 2. The zero-order valence-electron chi connectivity index (χ0n) is 22.3. The van der Waals surface area contributed by atoms with E-state index in [9.17, 15) is 18.4 Å². The fourth-order valence-electron chi connectivity index (χ4n) is 6.48. The minimum absolute atomic E-state index is 0.0575. The van der Waals surface area contributed by atoms with E-state index in [0.29, 0.717) is 38.6 Å². The molecular weight excluding hydrogens is 484 g/mol. The summed E-state index contributed by atoms with van der Waals surface area (Å²) in [5, 5.41) is 0. The van der Waals surface area contributed by atoms with Crippen LogP contribution in [0.15, 0.2) is 11.6 Å². The zero-order chi connectivity index (χ0) is 26.4. The molecule has 5 aliphatic rings. The quantitative estimate of drug-likeness (QED) is 0.340. The van der Waals surface area contributed by atoms with Gasteiger partial charge in [-0.15, -0.1) is 0 Å². The summed E-state index contributed by atoms with van der Waals surface area (Å²) < 4.78 is 43.2. The van der Waals surface area contributed by atoms with Crippen molar-refractivity contribution >= 4 is 12.0 Å². The molecule has 4 heterocycles. The number of carbonyl (C=O) groups is 2. The average Bonchev–Trinajstić information content (AvgIpc) is 3.71. The van der Waals surface area contributed by atoms with E-state index in [2.05, 4.69) is 26.8 Å². The standard InChI is InChI=1S/C27H41F2N3O5/c1-18(2)4-5-22-26(3,37-22)21-12-20(6-8-27(21)17-35-27)36-25(34)32-13-19(14-32)7-9-31-11-10-30(15-23(28)29)16-24(31)33/h4,19-23H,5-17H2,1-3H3/t20?,21?,22-,26-,27?/m1/s1. The van der Waals surface area contributed by atoms with E-state index in [4.69, 9.17) is 14.2 Å². The molecule has 1 spiro atoms. The number of hydrogen-bond acceptors (Lipinski definition) is 6. The van der Waals surface area contributed by atoms with Crippen LogP contribution in [0, 0.1) is 11.8 Å². The fraction of sp³-hybridized carbons (Fsp3) is 0.852. The Balaban J connectivity index is 1.03. The summed E-state index contributed by atoms with van der Waals surface area (Å²) in [6.45, 7) is 9.68. The SMILES string of the molecule is CC(C)=CC[C@H]1O[C@]1(C)C1CC(OC(=O)N2CC(CCN3CCN(CC(F)F)CC3=O)C2)CCC12CO2. The van der Waals surface area contributed by atoms with Gasteiger partial charge in [0.2, 0.25) is 5.91 Å². The van der Waals surface area contributed by atoms with Gasteiger partial charge < -0.3 is 24.0 Å². The second kappa shape index (κ2) is 10.4. The summed E-state index contributed by atoms with van der Waals surface area (Å²) in [5.41, 5.74) is 0.955. The van der Waals surface area contributed by atoms with E-state index >= 15 is 0 Å². The van der Waals surface area contributed by atoms with E-state index in [0.717, 1.165) is 38.7 Å². The number of carbonyl (C=O) groups excluding carboxylic acids is 2. The van der Waals surface area contributed by atoms with Gasteiger partial charge in [0.05, 0.1) is 37.0 Å². The molecule has 5 rings (SSSR count). The molecule has 5 atom stereocenters. The van der Waals surface area contributed by atoms with Crippen molar-refractivity contribution in [3.63, 3.8) is 0 Å². The first-order valence-corrected chi connectivity index (χ1v) is 13.8. The van der Waals surface area contributed by atoms with E-state index in [1.807, 2.05) is 0 Å². The second-order valence-corrected chi connectivity index (χ2v) is 12.1. The van der Waals surface area contributed by atoms with Gasteiger partial charge in [0, 0.05) is 38.6 Å². The third kappa shape index (κ3) is 5.96. The first-order chi connectivity index (χ1) is 17.6. The number of likely N-dealkylation sites (tertiary alicyclic amines) is 1. The highest BCUT2D eigenvalue weighted by Crippen LogP contribution is 2.59. The van der Waals surface area contributed by atoms with Crippen molar-refractivity contribution < 1.29 is 32.6 Å². The maximum Gasteiger partial charge on any atom is 0.410 e. The molecule has 2 amide bonds. The Bertz CT molecular complexity index is 902. The van der Waals surface area contributed by atoms with Crippen LogP contribution in [0.3, 0.4) is 0 Å². The Morgan fingerprint density at radius 1 is 1.27 bits per heavy atom. The van der Waals surface area contributed by atoms with E-state index in [1.54, 1.807) is 9.80 Å². The lowest BCUT2D eigenvalue weighted by molar-refractivity contribution is -0.137. The number of rotatable bonds is 9. The summed E-state index contributed by atoms with van der Waals surface area (Å²) in [5.74, 6) is 0.462. The highest BCUT2D eigenvalue weighted by Gasteiger charge is 2.68. The molecule has 0 N–H and O–H groups in total. The molecule has 3 unspecified atom stereocenters. The molecule has 0 aromatic rings. The Hall–Kier alpha value is -1.78. The molecule has 0 bridgehead atoms. The van der Waals surface area contributed by atoms with Crippen LogP contribution in [0.25, 0.3) is 0 Å². The predicted octanol–water partition coefficient (Wildman–Crippen LogP) is 3.31. The lowest BCUT2D eigenvalue weighted by Crippen LogP contribution is -2.54. The van der Waals surface area contributed by atoms with Crippen molar-refractivity contribution in [3.8, 4) is 0 Å². The minimum atomic E-state index is -2.42. The summed E-state index contributed by atoms with van der Waals surface area (Å²) in [7, 11) is 0. The molecule has 5 fully saturated rings. The normalized spacial score (nSPS) is 36.1. The smallest absolute Gasteiger partial charge is 0.410 e. The Kier molecular flexibility index (Phi) is 7.55. The summed E-state index contributed by atoms with van der Waals surface area (Å²) in [6, 6.07) is 0. The molecule has 1 aliphatic carbocycles. The lowest BCUT2D eigenvalue weighted by Gasteiger charge is -2.42. The van der Waals surface area contributed by atoms with Gasteiger partial charge in [-0.25, -0.2) is 13.6 Å². The number of piperazine rings is 1. The molecule has 1 saturated carbocycles. The summed E-state index contributed by atoms with van der Waals surface area (Å²) >= 11 is 0. The molecule has 37 heavy (non-hydrogen) atoms. The van der Waals surface area contributed by atoms with Gasteiger partial charge in [-0.3, -0.25) is 9.69 Å². The number of ether oxygens (including phenoxy) is 3. The van der Waals surface area contributed by atoms with Crippen LogP contribution >= 0.6 is 0 Å². The molecule has 4 aliphatic heterocycles. The number of allylic oxidation sites excluding steroid dienone is 1. The topological polar surface area (TPSA) is 78.2 Å². The third-order valence-corrected chi connectivity index (χ3v) is 9.03. The highest BCUT2D eigenvalue weighted by molar-refractivity contribution is 5.79. The molecular formula is C27H41F2N3O5. The zero-order valence-corrected chi connectivity index (χ0v) is 22.3. The van der Waals surface area contributed by atoms with E-state index in [1.165, 1.54) is 10.5 Å². The first-order valence-electron chi connectivity index (χ1n) is 13.8. The molecule has 0 aromatic carbocycles. The van der Waals surface area contributed by atoms with Crippen LogP contribution in [-0.4, -0.2) is 109 Å². The van der Waals surface area contributed by atoms with Crippen molar-refractivity contribution in [1.29, 1.82) is 0 Å². The van der Waals surface area contributed by atoms with E-state index in [-0.39, 0.29) is 54.4 Å². The number of nitrogens with zero attached hydrogens (tertiary/aromatic N) is 3. The van der Waals surface area contributed by atoms with Crippen LogP contribution in [0.2, 0.25) is 0 Å². The van der Waals surface area contributed by atoms with Crippen LogP contribution < -0.4 is 0 Å². The number of epoxide rings is 2. The molecule has 208 valence electrons. The van der Waals surface area contributed by atoms with Crippen molar-refractivity contribution in [1.82, 2.24) is 14.7 Å². The number of hydrogen-bond donors (Lipinski definition) is 0. The van der Waals surface area contributed by atoms with Crippen LogP contribution in [0.4, 0.5) is 13.6 Å². The second-order valence-electron chi connectivity index (χ2n) is 12.1. The maximum absolute atomic E-state index is 12.8. The van der Waals surface area contributed by atoms with Gasteiger partial charge in [0.1, 0.15) is 6.10 Å². The number of halogens is 2. The van der Waals surface area contributed by atoms with Crippen molar-refractivity contribution in [3.05, 3.63) is 11.6 Å². The molecule has 10 heteroatoms. The first kappa shape index (κ1) is 26.8. The van der Waals surface area contributed by atoms with Crippen molar-refractivity contribution in [2.75, 3.05) is 52.4 Å². The van der Waals surface area contributed by atoms with E-state index < -0.39 is 6.43 Å². The average molecular weight is 526 g/mol. The highest BCUT2D eigenvalue weighted by atomic mass is 19.3. The maximum atomic E-state index is 12.8. The fourth-order valence-corrected chi connectivity index (χ4v) is 6.48. The van der Waals surface area contributed by atoms with Gasteiger partial charge in [-0.2, -0.15) is 0 Å². The van der Waals surface area contributed by atoms with Gasteiger partial charge >= 0.3 is 6.09 Å². The largest absolute Gasteiger partial charge is 0.446 e. The van der Waals surface area contributed by atoms with Crippen molar-refractivity contribution in [2.45, 2.75) is 82.7 Å². The Morgan fingerprint density at radius 3 is 2.68 bits per heavy atom. The molecule has 0 radical (unpaired) electrons. The molecule has 0 aromatic heterocycles. The van der Waals surface area contributed by atoms with Gasteiger partial charge in [0.15, 0.2) is 0 Å². The summed E-state index contributed by atoms with van der Waals surface area (Å²) in [6.07, 6.45) is 3.80. The minimum Gasteiger partial charge on any atom is -0.446 e. The predicted molar refractivity (Wildman–Crippen MR) is 132 cm³/mol. The van der Waals surface area contributed by atoms with Gasteiger partial charge in [0.25, 0.3) is 6.43 Å². The van der Waals surface area contributed by atoms with Crippen LogP contribution in [0.1, 0.15) is 52.9 Å². The Labute approximate surface area is 218 Å². The molecule has 8 nitrogen and oxygen atoms in total. The molecule has 4 saturated heterocycles. The third-order valence-electron chi connectivity index (χ3n) is 9.03. The summed E-state index contributed by atoms with van der Waals surface area (Å²) in [4.78, 5) is 30.1. The monoisotopic (exact) mass is 525 g/mol. The van der Waals surface area contributed by atoms with Crippen LogP contribution in [0.5, 0.6) is 0 Å². The van der Waals surface area contributed by atoms with Crippen molar-refractivity contribution in [2.24, 2.45) is 11.8 Å². The lowest BCUT2D eigenvalue weighted by atomic mass is 9.70. The Morgan fingerprint density at radius 2 is 2.03 bits per heavy atom.